The van der Waals surface area contributed by atoms with Gasteiger partial charge in [0.2, 0.25) is 5.95 Å². The van der Waals surface area contributed by atoms with Crippen LogP contribution >= 0.6 is 0 Å². The maximum absolute atomic E-state index is 11.9. The third kappa shape index (κ3) is 3.69. The highest BCUT2D eigenvalue weighted by Crippen LogP contribution is 2.46. The monoisotopic (exact) mass is 334 g/mol. The molecule has 134 valence electrons. The number of aryl methyl sites for hydroxylation is 1. The van der Waals surface area contributed by atoms with Crippen molar-refractivity contribution in [1.29, 1.82) is 0 Å². The van der Waals surface area contributed by atoms with Crippen molar-refractivity contribution in [2.45, 2.75) is 59.1 Å². The first-order valence-electron chi connectivity index (χ1n) is 8.73. The molecule has 0 saturated heterocycles. The van der Waals surface area contributed by atoms with E-state index >= 15 is 0 Å². The van der Waals surface area contributed by atoms with Crippen molar-refractivity contribution in [2.24, 2.45) is 5.41 Å². The number of aromatic nitrogens is 2. The van der Waals surface area contributed by atoms with Crippen molar-refractivity contribution in [3.05, 3.63) is 17.5 Å². The average Bonchev–Trinajstić information content (AvgIpc) is 2.55. The quantitative estimate of drug-likeness (QED) is 0.776. The zero-order chi connectivity index (χ0) is 17.9. The second-order valence-electron chi connectivity index (χ2n) is 7.17. The molecule has 6 nitrogen and oxygen atoms in total. The van der Waals surface area contributed by atoms with Crippen LogP contribution in [0.1, 0.15) is 56.2 Å². The summed E-state index contributed by atoms with van der Waals surface area (Å²) in [6, 6.07) is 2.00. The molecule has 1 saturated carbocycles. The van der Waals surface area contributed by atoms with E-state index in [1.807, 2.05) is 14.0 Å². The SMILES string of the molecule is CCCCOC1CC(N(C)c2nc(C)cc(C(=O)NC)n2)C1(C)C. The first-order chi connectivity index (χ1) is 11.3. The summed E-state index contributed by atoms with van der Waals surface area (Å²) >= 11 is 0. The Balaban J connectivity index is 2.11. The molecule has 2 rings (SSSR count). The Kier molecular flexibility index (Phi) is 5.80. The van der Waals surface area contributed by atoms with Crippen molar-refractivity contribution in [1.82, 2.24) is 15.3 Å². The van der Waals surface area contributed by atoms with Crippen LogP contribution < -0.4 is 10.2 Å². The van der Waals surface area contributed by atoms with Crippen molar-refractivity contribution in [3.63, 3.8) is 0 Å². The second kappa shape index (κ2) is 7.47. The minimum Gasteiger partial charge on any atom is -0.378 e. The molecule has 1 aliphatic rings. The van der Waals surface area contributed by atoms with Gasteiger partial charge in [0.1, 0.15) is 5.69 Å². The summed E-state index contributed by atoms with van der Waals surface area (Å²) in [7, 11) is 3.60. The van der Waals surface area contributed by atoms with E-state index in [1.165, 1.54) is 0 Å². The first kappa shape index (κ1) is 18.6. The van der Waals surface area contributed by atoms with Gasteiger partial charge in [-0.15, -0.1) is 0 Å². The third-order valence-corrected chi connectivity index (χ3v) is 5.03. The summed E-state index contributed by atoms with van der Waals surface area (Å²) in [4.78, 5) is 22.9. The van der Waals surface area contributed by atoms with Crippen molar-refractivity contribution in [2.75, 3.05) is 25.6 Å². The third-order valence-electron chi connectivity index (χ3n) is 5.03. The molecule has 1 aromatic heterocycles. The molecular formula is C18H30N4O2. The topological polar surface area (TPSA) is 67.3 Å². The van der Waals surface area contributed by atoms with Crippen LogP contribution in [0.25, 0.3) is 0 Å². The largest absolute Gasteiger partial charge is 0.378 e. The van der Waals surface area contributed by atoms with Crippen LogP contribution in [0.5, 0.6) is 0 Å². The molecule has 2 unspecified atom stereocenters. The fraction of sp³-hybridized carbons (Fsp3) is 0.722. The number of nitrogens with one attached hydrogen (secondary N) is 1. The van der Waals surface area contributed by atoms with E-state index in [1.54, 1.807) is 13.1 Å². The lowest BCUT2D eigenvalue weighted by atomic mass is 9.64. The number of amides is 1. The normalized spacial score (nSPS) is 21.9. The first-order valence-corrected chi connectivity index (χ1v) is 8.73. The van der Waals surface area contributed by atoms with Gasteiger partial charge in [0.25, 0.3) is 5.91 Å². The van der Waals surface area contributed by atoms with Gasteiger partial charge in [-0.2, -0.15) is 0 Å². The number of anilines is 1. The molecule has 6 heteroatoms. The molecule has 0 aromatic carbocycles. The summed E-state index contributed by atoms with van der Waals surface area (Å²) in [6.45, 7) is 9.33. The lowest BCUT2D eigenvalue weighted by Gasteiger charge is -2.54. The lowest BCUT2D eigenvalue weighted by molar-refractivity contribution is -0.109. The van der Waals surface area contributed by atoms with E-state index in [9.17, 15) is 4.79 Å². The molecule has 1 fully saturated rings. The Morgan fingerprint density at radius 1 is 1.46 bits per heavy atom. The standard InChI is InChI=1S/C18H30N4O2/c1-7-8-9-24-15-11-14(18(15,3)4)22(6)17-20-12(2)10-13(21-17)16(23)19-5/h10,14-15H,7-9,11H2,1-6H3,(H,19,23). The lowest BCUT2D eigenvalue weighted by Crippen LogP contribution is -2.61. The van der Waals surface area contributed by atoms with Crippen LogP contribution in [0.4, 0.5) is 5.95 Å². The van der Waals surface area contributed by atoms with Gasteiger partial charge in [0.05, 0.1) is 6.10 Å². The molecule has 1 N–H and O–H groups in total. The Hall–Kier alpha value is -1.69. The summed E-state index contributed by atoms with van der Waals surface area (Å²) in [5.41, 5.74) is 1.22. The van der Waals surface area contributed by atoms with Gasteiger partial charge in [0, 0.05) is 37.9 Å². The van der Waals surface area contributed by atoms with Gasteiger partial charge in [-0.1, -0.05) is 27.2 Å². The molecule has 1 aliphatic carbocycles. The number of carbonyl (C=O) groups excluding carboxylic acids is 1. The van der Waals surface area contributed by atoms with Crippen LogP contribution in [0.3, 0.4) is 0 Å². The summed E-state index contributed by atoms with van der Waals surface area (Å²) in [6.07, 6.45) is 3.47. The maximum Gasteiger partial charge on any atom is 0.269 e. The Bertz CT molecular complexity index is 588. The minimum atomic E-state index is -0.191. The molecule has 1 amide bonds. The van der Waals surface area contributed by atoms with Crippen LogP contribution in [0.15, 0.2) is 6.07 Å². The van der Waals surface area contributed by atoms with Crippen molar-refractivity contribution in [3.8, 4) is 0 Å². The van der Waals surface area contributed by atoms with Crippen molar-refractivity contribution < 1.29 is 9.53 Å². The van der Waals surface area contributed by atoms with Gasteiger partial charge in [-0.3, -0.25) is 4.79 Å². The zero-order valence-electron chi connectivity index (χ0n) is 15.7. The predicted octanol–water partition coefficient (Wildman–Crippen LogP) is 2.56. The van der Waals surface area contributed by atoms with E-state index < -0.39 is 0 Å². The maximum atomic E-state index is 11.9. The average molecular weight is 334 g/mol. The van der Waals surface area contributed by atoms with Crippen LogP contribution in [0.2, 0.25) is 0 Å². The molecule has 2 atom stereocenters. The van der Waals surface area contributed by atoms with Crippen LogP contribution in [-0.2, 0) is 4.74 Å². The fourth-order valence-corrected chi connectivity index (χ4v) is 3.27. The highest BCUT2D eigenvalue weighted by atomic mass is 16.5. The number of hydrogen-bond donors (Lipinski definition) is 1. The predicted molar refractivity (Wildman–Crippen MR) is 95.4 cm³/mol. The molecule has 24 heavy (non-hydrogen) atoms. The Morgan fingerprint density at radius 2 is 2.17 bits per heavy atom. The fourth-order valence-electron chi connectivity index (χ4n) is 3.27. The summed E-state index contributed by atoms with van der Waals surface area (Å²) in [5.74, 6) is 0.405. The summed E-state index contributed by atoms with van der Waals surface area (Å²) in [5, 5.41) is 2.62. The molecule has 0 radical (unpaired) electrons. The Labute approximate surface area is 145 Å². The van der Waals surface area contributed by atoms with E-state index in [0.717, 1.165) is 31.6 Å². The second-order valence-corrected chi connectivity index (χ2v) is 7.17. The number of nitrogens with zero attached hydrogens (tertiary/aromatic N) is 3. The van der Waals surface area contributed by atoms with Gasteiger partial charge in [0.15, 0.2) is 0 Å². The molecule has 1 aromatic rings. The summed E-state index contributed by atoms with van der Waals surface area (Å²) < 4.78 is 6.02. The minimum absolute atomic E-state index is 0.0305. The number of unbranched alkanes of at least 4 members (excludes halogenated alkanes) is 1. The van der Waals surface area contributed by atoms with Crippen LogP contribution in [-0.4, -0.2) is 48.7 Å². The van der Waals surface area contributed by atoms with E-state index in [0.29, 0.717) is 17.7 Å². The molecule has 0 spiro atoms. The zero-order valence-corrected chi connectivity index (χ0v) is 15.7. The molecular weight excluding hydrogens is 304 g/mol. The highest BCUT2D eigenvalue weighted by molar-refractivity contribution is 5.92. The molecule has 1 heterocycles. The van der Waals surface area contributed by atoms with Gasteiger partial charge in [-0.05, 0) is 25.8 Å². The van der Waals surface area contributed by atoms with E-state index in [4.69, 9.17) is 4.74 Å². The van der Waals surface area contributed by atoms with Gasteiger partial charge in [-0.25, -0.2) is 9.97 Å². The molecule has 0 aliphatic heterocycles. The van der Waals surface area contributed by atoms with Crippen molar-refractivity contribution >= 4 is 11.9 Å². The number of rotatable bonds is 7. The van der Waals surface area contributed by atoms with Gasteiger partial charge >= 0.3 is 0 Å². The smallest absolute Gasteiger partial charge is 0.269 e. The highest BCUT2D eigenvalue weighted by Gasteiger charge is 2.51. The van der Waals surface area contributed by atoms with E-state index in [-0.39, 0.29) is 17.4 Å². The van der Waals surface area contributed by atoms with E-state index in [2.05, 4.69) is 41.0 Å². The Morgan fingerprint density at radius 3 is 2.75 bits per heavy atom. The molecule has 0 bridgehead atoms. The number of carbonyl (C=O) groups is 1. The number of ether oxygens (including phenoxy) is 1. The van der Waals surface area contributed by atoms with Gasteiger partial charge < -0.3 is 15.0 Å². The number of hydrogen-bond acceptors (Lipinski definition) is 5. The van der Waals surface area contributed by atoms with Crippen LogP contribution in [0, 0.1) is 12.3 Å².